The van der Waals surface area contributed by atoms with Gasteiger partial charge >= 0.3 is 0 Å². The molecule has 3 rings (SSSR count). The van der Waals surface area contributed by atoms with Gasteiger partial charge in [0, 0.05) is 16.5 Å². The molecule has 2 aromatic carbocycles. The molecule has 3 aromatic rings. The fourth-order valence-electron chi connectivity index (χ4n) is 2.15. The number of furan rings is 1. The second-order valence-corrected chi connectivity index (χ2v) is 4.81. The molecule has 0 radical (unpaired) electrons. The zero-order chi connectivity index (χ0) is 14.8. The number of hydrogen-bond acceptors (Lipinski definition) is 4. The largest absolute Gasteiger partial charge is 0.508 e. The van der Waals surface area contributed by atoms with Crippen LogP contribution in [0.4, 0.5) is 0 Å². The number of phenolic OH excluding ortho intramolecular Hbond substituents is 1. The smallest absolute Gasteiger partial charge is 0.159 e. The average Bonchev–Trinajstić information content (AvgIpc) is 2.87. The van der Waals surface area contributed by atoms with Crippen molar-refractivity contribution < 1.29 is 19.1 Å². The van der Waals surface area contributed by atoms with Gasteiger partial charge in [0.2, 0.25) is 0 Å². The summed E-state index contributed by atoms with van der Waals surface area (Å²) in [6.45, 7) is 1.82. The molecule has 1 N–H and O–H groups in total. The van der Waals surface area contributed by atoms with Crippen molar-refractivity contribution >= 4 is 16.8 Å². The summed E-state index contributed by atoms with van der Waals surface area (Å²) in [6.07, 6.45) is 1.61. The van der Waals surface area contributed by atoms with E-state index in [4.69, 9.17) is 9.15 Å². The van der Waals surface area contributed by atoms with Crippen LogP contribution in [0, 0.1) is 0 Å². The van der Waals surface area contributed by atoms with Crippen molar-refractivity contribution in [2.45, 2.75) is 13.5 Å². The molecule has 4 nitrogen and oxygen atoms in total. The van der Waals surface area contributed by atoms with Crippen LogP contribution in [0.2, 0.25) is 0 Å². The highest BCUT2D eigenvalue weighted by molar-refractivity contribution is 5.94. The lowest BCUT2D eigenvalue weighted by Gasteiger charge is -2.06. The predicted molar refractivity (Wildman–Crippen MR) is 78.7 cm³/mol. The lowest BCUT2D eigenvalue weighted by Crippen LogP contribution is -1.97. The molecule has 0 atom stereocenters. The first-order valence-electron chi connectivity index (χ1n) is 6.56. The minimum atomic E-state index is -0.000803. The van der Waals surface area contributed by atoms with Crippen LogP contribution in [0.5, 0.6) is 11.5 Å². The summed E-state index contributed by atoms with van der Waals surface area (Å²) in [5.74, 6) is 0.806. The first-order valence-corrected chi connectivity index (χ1v) is 6.56. The second-order valence-electron chi connectivity index (χ2n) is 4.81. The van der Waals surface area contributed by atoms with Crippen LogP contribution in [0.15, 0.2) is 53.1 Å². The van der Waals surface area contributed by atoms with E-state index in [2.05, 4.69) is 0 Å². The number of hydrogen-bond donors (Lipinski definition) is 1. The van der Waals surface area contributed by atoms with Gasteiger partial charge in [-0.3, -0.25) is 4.79 Å². The summed E-state index contributed by atoms with van der Waals surface area (Å²) in [6, 6.07) is 12.0. The normalized spacial score (nSPS) is 10.7. The summed E-state index contributed by atoms with van der Waals surface area (Å²) in [4.78, 5) is 11.3. The Morgan fingerprint density at radius 1 is 1.24 bits per heavy atom. The van der Waals surface area contributed by atoms with Gasteiger partial charge in [0.15, 0.2) is 5.78 Å². The summed E-state index contributed by atoms with van der Waals surface area (Å²) in [5.41, 5.74) is 2.15. The molecule has 0 aliphatic rings. The first-order chi connectivity index (χ1) is 10.1. The number of ether oxygens (including phenoxy) is 1. The van der Waals surface area contributed by atoms with Crippen molar-refractivity contribution in [3.05, 3.63) is 59.9 Å². The van der Waals surface area contributed by atoms with Gasteiger partial charge in [-0.1, -0.05) is 12.1 Å². The summed E-state index contributed by atoms with van der Waals surface area (Å²) in [5, 5.41) is 10.4. The molecule has 0 spiro atoms. The van der Waals surface area contributed by atoms with Crippen molar-refractivity contribution in [3.63, 3.8) is 0 Å². The molecule has 0 saturated carbocycles. The molecule has 0 aliphatic carbocycles. The number of benzene rings is 2. The molecular weight excluding hydrogens is 268 g/mol. The quantitative estimate of drug-likeness (QED) is 0.737. The van der Waals surface area contributed by atoms with Crippen LogP contribution in [-0.2, 0) is 6.61 Å². The van der Waals surface area contributed by atoms with E-state index in [0.717, 1.165) is 10.9 Å². The molecule has 0 fully saturated rings. The Bertz CT molecular complexity index is 801. The van der Waals surface area contributed by atoms with E-state index in [-0.39, 0.29) is 11.5 Å². The monoisotopic (exact) mass is 282 g/mol. The molecule has 0 saturated heterocycles. The lowest BCUT2D eigenvalue weighted by molar-refractivity contribution is 0.101. The van der Waals surface area contributed by atoms with Crippen molar-refractivity contribution in [2.75, 3.05) is 0 Å². The van der Waals surface area contributed by atoms with E-state index in [0.29, 0.717) is 23.5 Å². The summed E-state index contributed by atoms with van der Waals surface area (Å²) >= 11 is 0. The Kier molecular flexibility index (Phi) is 3.36. The summed E-state index contributed by atoms with van der Waals surface area (Å²) in [7, 11) is 0. The fourth-order valence-corrected chi connectivity index (χ4v) is 2.15. The van der Waals surface area contributed by atoms with Gasteiger partial charge < -0.3 is 14.3 Å². The highest BCUT2D eigenvalue weighted by Gasteiger charge is 2.08. The topological polar surface area (TPSA) is 59.7 Å². The lowest BCUT2D eigenvalue weighted by atomic mass is 10.1. The Labute approximate surface area is 121 Å². The van der Waals surface area contributed by atoms with E-state index in [9.17, 15) is 9.90 Å². The molecular formula is C17H14O4. The SMILES string of the molecule is CC(=O)c1cccc(OCc2coc3ccc(O)cc23)c1. The predicted octanol–water partition coefficient (Wildman–Crippen LogP) is 3.92. The zero-order valence-electron chi connectivity index (χ0n) is 11.5. The van der Waals surface area contributed by atoms with E-state index >= 15 is 0 Å². The number of Topliss-reactive ketones (excluding diaryl/α,β-unsaturated/α-hetero) is 1. The summed E-state index contributed by atoms with van der Waals surface area (Å²) < 4.78 is 11.1. The van der Waals surface area contributed by atoms with Crippen LogP contribution in [0.3, 0.4) is 0 Å². The van der Waals surface area contributed by atoms with Crippen molar-refractivity contribution in [3.8, 4) is 11.5 Å². The Hall–Kier alpha value is -2.75. The van der Waals surface area contributed by atoms with Crippen LogP contribution >= 0.6 is 0 Å². The second kappa shape index (κ2) is 5.32. The highest BCUT2D eigenvalue weighted by atomic mass is 16.5. The molecule has 1 heterocycles. The zero-order valence-corrected chi connectivity index (χ0v) is 11.5. The molecule has 0 aliphatic heterocycles. The minimum Gasteiger partial charge on any atom is -0.508 e. The van der Waals surface area contributed by atoms with Crippen molar-refractivity contribution in [1.82, 2.24) is 0 Å². The average molecular weight is 282 g/mol. The van der Waals surface area contributed by atoms with Gasteiger partial charge in [0.1, 0.15) is 23.7 Å². The number of rotatable bonds is 4. The first kappa shape index (κ1) is 13.2. The maximum atomic E-state index is 11.3. The van der Waals surface area contributed by atoms with E-state index < -0.39 is 0 Å². The van der Waals surface area contributed by atoms with Crippen LogP contribution < -0.4 is 4.74 Å². The molecule has 21 heavy (non-hydrogen) atoms. The molecule has 0 bridgehead atoms. The molecule has 106 valence electrons. The van der Waals surface area contributed by atoms with Gasteiger partial charge in [0.05, 0.1) is 6.26 Å². The van der Waals surface area contributed by atoms with E-state index in [1.165, 1.54) is 6.92 Å². The van der Waals surface area contributed by atoms with Gasteiger partial charge in [-0.2, -0.15) is 0 Å². The van der Waals surface area contributed by atoms with Gasteiger partial charge in [0.25, 0.3) is 0 Å². The van der Waals surface area contributed by atoms with E-state index in [1.807, 2.05) is 0 Å². The van der Waals surface area contributed by atoms with Crippen molar-refractivity contribution in [2.24, 2.45) is 0 Å². The van der Waals surface area contributed by atoms with Gasteiger partial charge in [-0.25, -0.2) is 0 Å². The maximum absolute atomic E-state index is 11.3. The number of carbonyl (C=O) groups is 1. The number of phenols is 1. The minimum absolute atomic E-state index is 0.000803. The third-order valence-corrected chi connectivity index (χ3v) is 3.27. The fraction of sp³-hybridized carbons (Fsp3) is 0.118. The van der Waals surface area contributed by atoms with Gasteiger partial charge in [-0.15, -0.1) is 0 Å². The van der Waals surface area contributed by atoms with Gasteiger partial charge in [-0.05, 0) is 37.3 Å². The Balaban J connectivity index is 1.82. The molecule has 1 aromatic heterocycles. The Morgan fingerprint density at radius 3 is 2.90 bits per heavy atom. The molecule has 0 amide bonds. The maximum Gasteiger partial charge on any atom is 0.159 e. The number of carbonyl (C=O) groups excluding carboxylic acids is 1. The number of aromatic hydroxyl groups is 1. The standard InChI is InChI=1S/C17H14O4/c1-11(18)12-3-2-4-15(7-12)20-9-13-10-21-17-6-5-14(19)8-16(13)17/h2-8,10,19H,9H2,1H3. The van der Waals surface area contributed by atoms with Crippen LogP contribution in [-0.4, -0.2) is 10.9 Å². The number of fused-ring (bicyclic) bond motifs is 1. The molecule has 0 unspecified atom stereocenters. The highest BCUT2D eigenvalue weighted by Crippen LogP contribution is 2.26. The number of ketones is 1. The third kappa shape index (κ3) is 2.74. The van der Waals surface area contributed by atoms with E-state index in [1.54, 1.807) is 48.7 Å². The molecule has 4 heteroatoms. The third-order valence-electron chi connectivity index (χ3n) is 3.27. The van der Waals surface area contributed by atoms with Crippen LogP contribution in [0.25, 0.3) is 11.0 Å². The van der Waals surface area contributed by atoms with Crippen LogP contribution in [0.1, 0.15) is 22.8 Å². The Morgan fingerprint density at radius 2 is 2.10 bits per heavy atom. The van der Waals surface area contributed by atoms with Crippen molar-refractivity contribution in [1.29, 1.82) is 0 Å².